The molecule has 2 aliphatic heterocycles. The van der Waals surface area contributed by atoms with Gasteiger partial charge in [-0.25, -0.2) is 8.78 Å². The van der Waals surface area contributed by atoms with E-state index in [1.807, 2.05) is 0 Å². The van der Waals surface area contributed by atoms with Crippen LogP contribution in [0.5, 0.6) is 5.19 Å². The number of piperidine rings is 1. The first-order valence-corrected chi connectivity index (χ1v) is 9.08. The Morgan fingerprint density at radius 3 is 2.81 bits per heavy atom. The van der Waals surface area contributed by atoms with Gasteiger partial charge in [-0.2, -0.15) is 4.98 Å². The minimum Gasteiger partial charge on any atom is -0.494 e. The van der Waals surface area contributed by atoms with Gasteiger partial charge in [-0.05, 0) is 6.07 Å². The van der Waals surface area contributed by atoms with E-state index in [4.69, 9.17) is 14.2 Å². The van der Waals surface area contributed by atoms with Crippen LogP contribution in [-0.2, 0) is 14.3 Å². The Bertz CT molecular complexity index is 862. The number of hydrogen-bond acceptors (Lipinski definition) is 6. The first-order chi connectivity index (χ1) is 12.6. The largest absolute Gasteiger partial charge is 0.494 e. The van der Waals surface area contributed by atoms with Gasteiger partial charge in [0.2, 0.25) is 5.76 Å². The Labute approximate surface area is 152 Å². The van der Waals surface area contributed by atoms with Gasteiger partial charge in [-0.3, -0.25) is 4.79 Å². The molecule has 1 amide bonds. The van der Waals surface area contributed by atoms with E-state index in [0.717, 1.165) is 17.4 Å². The second kappa shape index (κ2) is 7.06. The first kappa shape index (κ1) is 17.0. The number of benzene rings is 1. The van der Waals surface area contributed by atoms with E-state index in [1.54, 1.807) is 4.90 Å². The lowest BCUT2D eigenvalue weighted by atomic mass is 10.1. The molecule has 0 aliphatic carbocycles. The summed E-state index contributed by atoms with van der Waals surface area (Å²) in [5.41, 5.74) is 0.111. The van der Waals surface area contributed by atoms with Gasteiger partial charge in [0.1, 0.15) is 36.9 Å². The zero-order valence-electron chi connectivity index (χ0n) is 13.7. The molecule has 0 radical (unpaired) electrons. The average Bonchev–Trinajstić information content (AvgIpc) is 3.05. The van der Waals surface area contributed by atoms with Crippen molar-refractivity contribution >= 4 is 27.5 Å². The second-order valence-corrected chi connectivity index (χ2v) is 7.02. The molecule has 0 saturated carbocycles. The highest BCUT2D eigenvalue weighted by atomic mass is 32.1. The molecule has 0 N–H and O–H groups in total. The number of amides is 1. The van der Waals surface area contributed by atoms with Crippen LogP contribution < -0.4 is 4.74 Å². The fourth-order valence-electron chi connectivity index (χ4n) is 2.94. The normalized spacial score (nSPS) is 18.2. The van der Waals surface area contributed by atoms with Gasteiger partial charge in [-0.1, -0.05) is 11.3 Å². The highest BCUT2D eigenvalue weighted by Crippen LogP contribution is 2.32. The molecule has 3 heterocycles. The zero-order valence-corrected chi connectivity index (χ0v) is 14.6. The summed E-state index contributed by atoms with van der Waals surface area (Å²) in [5.74, 6) is -1.31. The number of ether oxygens (including phenoxy) is 3. The van der Waals surface area contributed by atoms with Crippen molar-refractivity contribution in [2.75, 3.05) is 26.3 Å². The lowest BCUT2D eigenvalue weighted by molar-refractivity contribution is -0.134. The van der Waals surface area contributed by atoms with Crippen LogP contribution >= 0.6 is 11.3 Å². The first-order valence-electron chi connectivity index (χ1n) is 8.26. The summed E-state index contributed by atoms with van der Waals surface area (Å²) in [7, 11) is 0. The number of thiazole rings is 1. The van der Waals surface area contributed by atoms with E-state index in [0.29, 0.717) is 49.0 Å². The SMILES string of the molecule is O=C(C1=COCCO1)N1CCC(Oc2nc3c(F)cc(F)cc3s2)CC1. The monoisotopic (exact) mass is 382 g/mol. The number of likely N-dealkylation sites (tertiary alicyclic amines) is 1. The predicted molar refractivity (Wildman–Crippen MR) is 89.8 cm³/mol. The molecule has 138 valence electrons. The summed E-state index contributed by atoms with van der Waals surface area (Å²) in [6.07, 6.45) is 2.45. The van der Waals surface area contributed by atoms with Crippen molar-refractivity contribution in [3.8, 4) is 5.19 Å². The molecule has 6 nitrogen and oxygen atoms in total. The summed E-state index contributed by atoms with van der Waals surface area (Å²) >= 11 is 1.11. The molecule has 0 bridgehead atoms. The summed E-state index contributed by atoms with van der Waals surface area (Å²) in [6, 6.07) is 2.05. The Hall–Kier alpha value is -2.42. The number of rotatable bonds is 3. The molecule has 1 aromatic carbocycles. The number of nitrogens with zero attached hydrogens (tertiary/aromatic N) is 2. The number of carbonyl (C=O) groups is 1. The van der Waals surface area contributed by atoms with Crippen molar-refractivity contribution in [2.45, 2.75) is 18.9 Å². The van der Waals surface area contributed by atoms with E-state index < -0.39 is 11.6 Å². The minimum absolute atomic E-state index is 0.111. The Morgan fingerprint density at radius 2 is 2.08 bits per heavy atom. The summed E-state index contributed by atoms with van der Waals surface area (Å²) < 4.78 is 43.7. The van der Waals surface area contributed by atoms with Crippen LogP contribution in [0.15, 0.2) is 24.2 Å². The van der Waals surface area contributed by atoms with Crippen LogP contribution in [-0.4, -0.2) is 48.2 Å². The predicted octanol–water partition coefficient (Wildman–Crippen LogP) is 2.83. The fourth-order valence-corrected chi connectivity index (χ4v) is 3.86. The Balaban J connectivity index is 1.37. The van der Waals surface area contributed by atoms with Crippen LogP contribution in [0.1, 0.15) is 12.8 Å². The van der Waals surface area contributed by atoms with Crippen molar-refractivity contribution in [2.24, 2.45) is 0 Å². The van der Waals surface area contributed by atoms with Crippen LogP contribution in [0.4, 0.5) is 8.78 Å². The standard InChI is InChI=1S/C17H16F2N2O4S/c18-10-7-12(19)15-14(8-10)26-17(20-15)25-11-1-3-21(4-2-11)16(22)13-9-23-5-6-24-13/h7-9,11H,1-6H2. The number of carbonyl (C=O) groups excluding carboxylic acids is 1. The molecule has 0 spiro atoms. The molecule has 2 aliphatic rings. The van der Waals surface area contributed by atoms with Crippen LogP contribution in [0.2, 0.25) is 0 Å². The molecule has 1 saturated heterocycles. The third-order valence-corrected chi connectivity index (χ3v) is 5.14. The van der Waals surface area contributed by atoms with Gasteiger partial charge in [0.25, 0.3) is 11.1 Å². The van der Waals surface area contributed by atoms with Crippen LogP contribution in [0, 0.1) is 11.6 Å². The molecule has 4 rings (SSSR count). The Morgan fingerprint density at radius 1 is 1.27 bits per heavy atom. The van der Waals surface area contributed by atoms with Crippen molar-refractivity contribution in [1.82, 2.24) is 9.88 Å². The molecular formula is C17H16F2N2O4S. The van der Waals surface area contributed by atoms with E-state index in [-0.39, 0.29) is 23.3 Å². The van der Waals surface area contributed by atoms with Gasteiger partial charge in [0, 0.05) is 32.0 Å². The zero-order chi connectivity index (χ0) is 18.1. The minimum atomic E-state index is -0.700. The third kappa shape index (κ3) is 3.44. The molecule has 1 fully saturated rings. The molecule has 9 heteroatoms. The molecule has 26 heavy (non-hydrogen) atoms. The van der Waals surface area contributed by atoms with E-state index in [9.17, 15) is 13.6 Å². The van der Waals surface area contributed by atoms with Gasteiger partial charge < -0.3 is 19.1 Å². The number of aromatic nitrogens is 1. The fraction of sp³-hybridized carbons (Fsp3) is 0.412. The maximum absolute atomic E-state index is 13.7. The molecule has 0 atom stereocenters. The smallest absolute Gasteiger partial charge is 0.292 e. The average molecular weight is 382 g/mol. The van der Waals surface area contributed by atoms with E-state index >= 15 is 0 Å². The molecule has 0 unspecified atom stereocenters. The summed E-state index contributed by atoms with van der Waals surface area (Å²) in [6.45, 7) is 1.83. The summed E-state index contributed by atoms with van der Waals surface area (Å²) in [4.78, 5) is 18.1. The van der Waals surface area contributed by atoms with Crippen molar-refractivity contribution < 1.29 is 27.8 Å². The van der Waals surface area contributed by atoms with E-state index in [2.05, 4.69) is 4.98 Å². The quantitative estimate of drug-likeness (QED) is 0.817. The molecular weight excluding hydrogens is 366 g/mol. The Kier molecular flexibility index (Phi) is 4.62. The number of hydrogen-bond donors (Lipinski definition) is 0. The maximum atomic E-state index is 13.7. The van der Waals surface area contributed by atoms with Crippen LogP contribution in [0.25, 0.3) is 10.2 Å². The van der Waals surface area contributed by atoms with Gasteiger partial charge >= 0.3 is 0 Å². The molecule has 1 aromatic heterocycles. The van der Waals surface area contributed by atoms with Gasteiger partial charge in [-0.15, -0.1) is 0 Å². The van der Waals surface area contributed by atoms with Crippen LogP contribution in [0.3, 0.4) is 0 Å². The topological polar surface area (TPSA) is 60.9 Å². The second-order valence-electron chi connectivity index (χ2n) is 6.02. The lowest BCUT2D eigenvalue weighted by Gasteiger charge is -2.32. The maximum Gasteiger partial charge on any atom is 0.292 e. The number of halogens is 2. The highest BCUT2D eigenvalue weighted by Gasteiger charge is 2.28. The number of fused-ring (bicyclic) bond motifs is 1. The summed E-state index contributed by atoms with van der Waals surface area (Å²) in [5, 5.41) is 0.306. The highest BCUT2D eigenvalue weighted by molar-refractivity contribution is 7.20. The van der Waals surface area contributed by atoms with Crippen molar-refractivity contribution in [1.29, 1.82) is 0 Å². The lowest BCUT2D eigenvalue weighted by Crippen LogP contribution is -2.43. The van der Waals surface area contributed by atoms with E-state index in [1.165, 1.54) is 12.3 Å². The third-order valence-electron chi connectivity index (χ3n) is 4.25. The van der Waals surface area contributed by atoms with Crippen molar-refractivity contribution in [3.63, 3.8) is 0 Å². The molecule has 2 aromatic rings. The van der Waals surface area contributed by atoms with Crippen molar-refractivity contribution in [3.05, 3.63) is 35.8 Å². The van der Waals surface area contributed by atoms with Gasteiger partial charge in [0.05, 0.1) is 4.70 Å². The van der Waals surface area contributed by atoms with Gasteiger partial charge in [0.15, 0.2) is 5.82 Å².